The van der Waals surface area contributed by atoms with Crippen LogP contribution in [0, 0.1) is 6.92 Å². The highest BCUT2D eigenvalue weighted by molar-refractivity contribution is 7.92. The molecule has 0 aliphatic heterocycles. The molecule has 1 amide bonds. The first-order chi connectivity index (χ1) is 13.8. The van der Waals surface area contributed by atoms with E-state index in [0.717, 1.165) is 5.56 Å². The van der Waals surface area contributed by atoms with Crippen LogP contribution >= 0.6 is 0 Å². The van der Waals surface area contributed by atoms with Crippen molar-refractivity contribution in [1.82, 2.24) is 9.97 Å². The molecular formula is C20H20N4O4S. The number of rotatable bonds is 7. The van der Waals surface area contributed by atoms with E-state index in [-0.39, 0.29) is 16.8 Å². The molecule has 8 nitrogen and oxygen atoms in total. The molecule has 1 atom stereocenters. The number of aromatic nitrogens is 2. The molecule has 150 valence electrons. The summed E-state index contributed by atoms with van der Waals surface area (Å²) in [5.41, 5.74) is 1.38. The summed E-state index contributed by atoms with van der Waals surface area (Å²) in [6.45, 7) is 3.54. The van der Waals surface area contributed by atoms with E-state index in [9.17, 15) is 13.2 Å². The van der Waals surface area contributed by atoms with Gasteiger partial charge in [-0.15, -0.1) is 0 Å². The predicted molar refractivity (Wildman–Crippen MR) is 109 cm³/mol. The molecule has 0 aliphatic carbocycles. The summed E-state index contributed by atoms with van der Waals surface area (Å²) < 4.78 is 32.7. The van der Waals surface area contributed by atoms with Gasteiger partial charge in [0.15, 0.2) is 6.10 Å². The standard InChI is InChI=1S/C20H20N4O4S/c1-14-6-3-4-7-18(14)28-15(2)19(25)23-16-8-10-17(11-9-16)29(26,27)24-20-21-12-5-13-22-20/h3-13,15H,1-2H3,(H,23,25)(H,21,22,24)/t15-/m1/s1. The van der Waals surface area contributed by atoms with Crippen molar-refractivity contribution in [3.05, 3.63) is 72.6 Å². The van der Waals surface area contributed by atoms with Gasteiger partial charge in [0.05, 0.1) is 4.90 Å². The van der Waals surface area contributed by atoms with Gasteiger partial charge in [0, 0.05) is 18.1 Å². The van der Waals surface area contributed by atoms with Crippen molar-refractivity contribution < 1.29 is 17.9 Å². The number of nitrogens with one attached hydrogen (secondary N) is 2. The highest BCUT2D eigenvalue weighted by Gasteiger charge is 2.18. The summed E-state index contributed by atoms with van der Waals surface area (Å²) in [7, 11) is -3.83. The fourth-order valence-electron chi connectivity index (χ4n) is 2.42. The zero-order chi connectivity index (χ0) is 20.9. The first-order valence-corrected chi connectivity index (χ1v) is 10.3. The molecule has 9 heteroatoms. The molecule has 0 saturated carbocycles. The van der Waals surface area contributed by atoms with Crippen molar-refractivity contribution >= 4 is 27.6 Å². The number of nitrogens with zero attached hydrogens (tertiary/aromatic N) is 2. The minimum absolute atomic E-state index is 0.0205. The van der Waals surface area contributed by atoms with Crippen molar-refractivity contribution in [1.29, 1.82) is 0 Å². The van der Waals surface area contributed by atoms with Crippen LogP contribution in [0.4, 0.5) is 11.6 Å². The van der Waals surface area contributed by atoms with E-state index in [1.165, 1.54) is 36.7 Å². The lowest BCUT2D eigenvalue weighted by Gasteiger charge is -2.16. The minimum Gasteiger partial charge on any atom is -0.481 e. The van der Waals surface area contributed by atoms with Crippen molar-refractivity contribution in [2.24, 2.45) is 0 Å². The Morgan fingerprint density at radius 3 is 2.31 bits per heavy atom. The Morgan fingerprint density at radius 1 is 1.00 bits per heavy atom. The van der Waals surface area contributed by atoms with Gasteiger partial charge in [-0.1, -0.05) is 18.2 Å². The van der Waals surface area contributed by atoms with Crippen LogP contribution in [-0.2, 0) is 14.8 Å². The summed E-state index contributed by atoms with van der Waals surface area (Å²) in [6.07, 6.45) is 2.14. The Bertz CT molecular complexity index is 1090. The van der Waals surface area contributed by atoms with Crippen LogP contribution in [-0.4, -0.2) is 30.4 Å². The molecule has 0 fully saturated rings. The van der Waals surface area contributed by atoms with Gasteiger partial charge in [0.25, 0.3) is 15.9 Å². The Morgan fingerprint density at radius 2 is 1.66 bits per heavy atom. The maximum absolute atomic E-state index is 12.4. The van der Waals surface area contributed by atoms with Gasteiger partial charge < -0.3 is 10.1 Å². The Labute approximate surface area is 169 Å². The molecule has 2 N–H and O–H groups in total. The number of amides is 1. The van der Waals surface area contributed by atoms with Crippen molar-refractivity contribution in [3.63, 3.8) is 0 Å². The lowest BCUT2D eigenvalue weighted by atomic mass is 10.2. The molecule has 1 aromatic heterocycles. The number of carbonyl (C=O) groups excluding carboxylic acids is 1. The van der Waals surface area contributed by atoms with Gasteiger partial charge in [0.2, 0.25) is 5.95 Å². The van der Waals surface area contributed by atoms with Gasteiger partial charge in [-0.05, 0) is 55.8 Å². The number of hydrogen-bond acceptors (Lipinski definition) is 6. The van der Waals surface area contributed by atoms with Gasteiger partial charge in [0.1, 0.15) is 5.75 Å². The topological polar surface area (TPSA) is 110 Å². The lowest BCUT2D eigenvalue weighted by Crippen LogP contribution is -2.30. The lowest BCUT2D eigenvalue weighted by molar-refractivity contribution is -0.122. The number of sulfonamides is 1. The smallest absolute Gasteiger partial charge is 0.265 e. The molecule has 0 bridgehead atoms. The van der Waals surface area contributed by atoms with E-state index >= 15 is 0 Å². The van der Waals surface area contributed by atoms with Gasteiger partial charge in [-0.3, -0.25) is 4.79 Å². The first-order valence-electron chi connectivity index (χ1n) is 8.78. The summed E-state index contributed by atoms with van der Waals surface area (Å²) in [4.78, 5) is 20.1. The van der Waals surface area contributed by atoms with Gasteiger partial charge in [-0.25, -0.2) is 23.1 Å². The van der Waals surface area contributed by atoms with Crippen LogP contribution in [0.5, 0.6) is 5.75 Å². The van der Waals surface area contributed by atoms with E-state index in [4.69, 9.17) is 4.74 Å². The third kappa shape index (κ3) is 5.29. The highest BCUT2D eigenvalue weighted by Crippen LogP contribution is 2.19. The molecule has 0 aliphatic rings. The van der Waals surface area contributed by atoms with Crippen molar-refractivity contribution in [2.45, 2.75) is 24.8 Å². The molecule has 1 heterocycles. The second-order valence-corrected chi connectivity index (χ2v) is 7.90. The largest absolute Gasteiger partial charge is 0.481 e. The van der Waals surface area contributed by atoms with Crippen LogP contribution in [0.2, 0.25) is 0 Å². The van der Waals surface area contributed by atoms with Crippen LogP contribution in [0.1, 0.15) is 12.5 Å². The second kappa shape index (κ2) is 8.70. The quantitative estimate of drug-likeness (QED) is 0.617. The summed E-state index contributed by atoms with van der Waals surface area (Å²) in [5.74, 6) is 0.262. The number of anilines is 2. The van der Waals surface area contributed by atoms with Crippen molar-refractivity contribution in [3.8, 4) is 5.75 Å². The van der Waals surface area contributed by atoms with Crippen LogP contribution in [0.3, 0.4) is 0 Å². The summed E-state index contributed by atoms with van der Waals surface area (Å²) in [5, 5.41) is 2.71. The minimum atomic E-state index is -3.83. The Balaban J connectivity index is 1.64. The molecule has 2 aromatic carbocycles. The SMILES string of the molecule is Cc1ccccc1O[C@H](C)C(=O)Nc1ccc(S(=O)(=O)Nc2ncccn2)cc1. The zero-order valence-corrected chi connectivity index (χ0v) is 16.7. The van der Waals surface area contributed by atoms with Gasteiger partial charge >= 0.3 is 0 Å². The average Bonchev–Trinajstić information content (AvgIpc) is 2.70. The molecule has 0 spiro atoms. The third-order valence-corrected chi connectivity index (χ3v) is 5.33. The average molecular weight is 412 g/mol. The molecule has 0 unspecified atom stereocenters. The highest BCUT2D eigenvalue weighted by atomic mass is 32.2. The van der Waals surface area contributed by atoms with Crippen molar-refractivity contribution in [2.75, 3.05) is 10.0 Å². The van der Waals surface area contributed by atoms with Crippen LogP contribution in [0.15, 0.2) is 71.9 Å². The molecular weight excluding hydrogens is 392 g/mol. The van der Waals surface area contributed by atoms with E-state index in [0.29, 0.717) is 11.4 Å². The number of para-hydroxylation sites is 1. The molecule has 0 radical (unpaired) electrons. The molecule has 3 rings (SSSR count). The first kappa shape index (κ1) is 20.3. The Kier molecular flexibility index (Phi) is 6.08. The molecule has 3 aromatic rings. The predicted octanol–water partition coefficient (Wildman–Crippen LogP) is 2.99. The maximum atomic E-state index is 12.4. The molecule has 29 heavy (non-hydrogen) atoms. The number of aryl methyl sites for hydroxylation is 1. The summed E-state index contributed by atoms with van der Waals surface area (Å²) in [6, 6.07) is 14.8. The number of ether oxygens (including phenoxy) is 1. The Hall–Kier alpha value is -3.46. The van der Waals surface area contributed by atoms with Crippen LogP contribution < -0.4 is 14.8 Å². The van der Waals surface area contributed by atoms with Gasteiger partial charge in [-0.2, -0.15) is 0 Å². The number of hydrogen-bond donors (Lipinski definition) is 2. The monoisotopic (exact) mass is 412 g/mol. The number of carbonyl (C=O) groups is 1. The normalized spacial score (nSPS) is 12.1. The van der Waals surface area contributed by atoms with E-state index in [2.05, 4.69) is 20.0 Å². The van der Waals surface area contributed by atoms with E-state index in [1.807, 2.05) is 25.1 Å². The number of benzene rings is 2. The zero-order valence-electron chi connectivity index (χ0n) is 15.9. The fraction of sp³-hybridized carbons (Fsp3) is 0.150. The van der Waals surface area contributed by atoms with Crippen LogP contribution in [0.25, 0.3) is 0 Å². The van der Waals surface area contributed by atoms with E-state index < -0.39 is 16.1 Å². The summed E-state index contributed by atoms with van der Waals surface area (Å²) >= 11 is 0. The maximum Gasteiger partial charge on any atom is 0.265 e. The second-order valence-electron chi connectivity index (χ2n) is 6.22. The van der Waals surface area contributed by atoms with E-state index in [1.54, 1.807) is 19.1 Å². The third-order valence-electron chi connectivity index (χ3n) is 3.99. The fourth-order valence-corrected chi connectivity index (χ4v) is 3.38. The molecule has 0 saturated heterocycles.